The van der Waals surface area contributed by atoms with E-state index in [9.17, 15) is 13.2 Å². The van der Waals surface area contributed by atoms with Crippen molar-refractivity contribution in [1.82, 2.24) is 18.8 Å². The number of halogens is 1. The lowest BCUT2D eigenvalue weighted by Crippen LogP contribution is -2.50. The van der Waals surface area contributed by atoms with Crippen molar-refractivity contribution < 1.29 is 17.9 Å². The van der Waals surface area contributed by atoms with E-state index in [-0.39, 0.29) is 24.2 Å². The highest BCUT2D eigenvalue weighted by Crippen LogP contribution is 2.25. The zero-order chi connectivity index (χ0) is 18.9. The molecule has 0 atom stereocenters. The number of ether oxygens (including phenoxy) is 1. The summed E-state index contributed by atoms with van der Waals surface area (Å²) >= 11 is 3.38. The SMILES string of the molecule is COc1ccc(Br)c(C(=O)N2CCN(S(=O)(=O)c3nccn3C)CC2)c1. The molecule has 0 aliphatic carbocycles. The van der Waals surface area contributed by atoms with Gasteiger partial charge in [0.05, 0.1) is 12.7 Å². The molecule has 1 amide bonds. The summed E-state index contributed by atoms with van der Waals surface area (Å²) in [6, 6.07) is 5.19. The molecule has 0 bridgehead atoms. The topological polar surface area (TPSA) is 84.7 Å². The Bertz CT molecular complexity index is 920. The number of nitrogens with zero attached hydrogens (tertiary/aromatic N) is 4. The van der Waals surface area contributed by atoms with Crippen LogP contribution >= 0.6 is 15.9 Å². The van der Waals surface area contributed by atoms with Crippen molar-refractivity contribution in [3.8, 4) is 5.75 Å². The standard InChI is InChI=1S/C16H19BrN4O4S/c1-19-6-5-18-16(19)26(23,24)21-9-7-20(8-10-21)15(22)13-11-12(25-2)3-4-14(13)17/h3-6,11H,7-10H2,1-2H3. The van der Waals surface area contributed by atoms with Crippen LogP contribution in [0, 0.1) is 0 Å². The molecular weight excluding hydrogens is 424 g/mol. The van der Waals surface area contributed by atoms with E-state index in [1.54, 1.807) is 43.5 Å². The number of piperazine rings is 1. The summed E-state index contributed by atoms with van der Waals surface area (Å²) in [7, 11) is -0.485. The van der Waals surface area contributed by atoms with Gasteiger partial charge in [-0.25, -0.2) is 13.4 Å². The first-order chi connectivity index (χ1) is 12.3. The van der Waals surface area contributed by atoms with Crippen molar-refractivity contribution in [2.45, 2.75) is 5.16 Å². The van der Waals surface area contributed by atoms with E-state index in [2.05, 4.69) is 20.9 Å². The number of aryl methyl sites for hydroxylation is 1. The Labute approximate surface area is 160 Å². The molecule has 0 unspecified atom stereocenters. The predicted octanol–water partition coefficient (Wildman–Crippen LogP) is 1.34. The fourth-order valence-corrected chi connectivity index (χ4v) is 4.72. The quantitative estimate of drug-likeness (QED) is 0.712. The molecule has 1 aromatic carbocycles. The van der Waals surface area contributed by atoms with Crippen LogP contribution in [0.2, 0.25) is 0 Å². The molecule has 26 heavy (non-hydrogen) atoms. The van der Waals surface area contributed by atoms with E-state index in [1.807, 2.05) is 0 Å². The molecule has 0 N–H and O–H groups in total. The van der Waals surface area contributed by atoms with Crippen molar-refractivity contribution >= 4 is 31.9 Å². The highest BCUT2D eigenvalue weighted by molar-refractivity contribution is 9.10. The Kier molecular flexibility index (Phi) is 5.35. The number of benzene rings is 1. The molecule has 2 heterocycles. The zero-order valence-corrected chi connectivity index (χ0v) is 16.8. The van der Waals surface area contributed by atoms with Gasteiger partial charge in [0, 0.05) is 50.1 Å². The highest BCUT2D eigenvalue weighted by Gasteiger charge is 2.33. The molecule has 1 saturated heterocycles. The molecule has 1 aliphatic rings. The number of hydrogen-bond donors (Lipinski definition) is 0. The minimum Gasteiger partial charge on any atom is -0.497 e. The number of carbonyl (C=O) groups is 1. The zero-order valence-electron chi connectivity index (χ0n) is 14.4. The van der Waals surface area contributed by atoms with Gasteiger partial charge in [0.25, 0.3) is 15.9 Å². The van der Waals surface area contributed by atoms with Gasteiger partial charge in [-0.1, -0.05) is 0 Å². The molecule has 140 valence electrons. The average molecular weight is 443 g/mol. The summed E-state index contributed by atoms with van der Waals surface area (Å²) in [4.78, 5) is 18.4. The summed E-state index contributed by atoms with van der Waals surface area (Å²) in [5, 5.41) is 0.00724. The van der Waals surface area contributed by atoms with E-state index < -0.39 is 10.0 Å². The van der Waals surface area contributed by atoms with Crippen molar-refractivity contribution in [2.24, 2.45) is 7.05 Å². The van der Waals surface area contributed by atoms with Crippen LogP contribution in [0.3, 0.4) is 0 Å². The maximum atomic E-state index is 12.8. The first kappa shape index (κ1) is 18.9. The molecule has 2 aromatic rings. The van der Waals surface area contributed by atoms with Gasteiger partial charge in [-0.05, 0) is 34.1 Å². The van der Waals surface area contributed by atoms with Gasteiger partial charge in [-0.3, -0.25) is 4.79 Å². The van der Waals surface area contributed by atoms with E-state index in [4.69, 9.17) is 4.74 Å². The third-order valence-corrected chi connectivity index (χ3v) is 6.87. The molecule has 1 aliphatic heterocycles. The van der Waals surface area contributed by atoms with Crippen LogP contribution in [0.1, 0.15) is 10.4 Å². The van der Waals surface area contributed by atoms with Gasteiger partial charge in [0.2, 0.25) is 5.16 Å². The number of rotatable bonds is 4. The molecule has 3 rings (SSSR count). The summed E-state index contributed by atoms with van der Waals surface area (Å²) in [6.45, 7) is 1.07. The van der Waals surface area contributed by atoms with Gasteiger partial charge in [-0.15, -0.1) is 0 Å². The molecule has 1 fully saturated rings. The van der Waals surface area contributed by atoms with Crippen molar-refractivity contribution in [3.63, 3.8) is 0 Å². The first-order valence-electron chi connectivity index (χ1n) is 7.95. The van der Waals surface area contributed by atoms with Crippen molar-refractivity contribution in [1.29, 1.82) is 0 Å². The predicted molar refractivity (Wildman–Crippen MR) is 98.6 cm³/mol. The Morgan fingerprint density at radius 2 is 1.92 bits per heavy atom. The molecule has 0 spiro atoms. The molecule has 10 heteroatoms. The third-order valence-electron chi connectivity index (χ3n) is 4.28. The average Bonchev–Trinajstić information content (AvgIpc) is 3.08. The highest BCUT2D eigenvalue weighted by atomic mass is 79.9. The lowest BCUT2D eigenvalue weighted by atomic mass is 10.1. The molecule has 1 aromatic heterocycles. The minimum absolute atomic E-state index is 0.00724. The maximum absolute atomic E-state index is 12.8. The Morgan fingerprint density at radius 3 is 2.50 bits per heavy atom. The summed E-state index contributed by atoms with van der Waals surface area (Å²) in [6.07, 6.45) is 3.04. The number of carbonyl (C=O) groups excluding carboxylic acids is 1. The number of methoxy groups -OCH3 is 1. The smallest absolute Gasteiger partial charge is 0.277 e. The van der Waals surface area contributed by atoms with Crippen LogP contribution in [0.4, 0.5) is 0 Å². The lowest BCUT2D eigenvalue weighted by Gasteiger charge is -2.33. The Morgan fingerprint density at radius 1 is 1.23 bits per heavy atom. The van der Waals surface area contributed by atoms with Gasteiger partial charge >= 0.3 is 0 Å². The number of sulfonamides is 1. The van der Waals surface area contributed by atoms with Crippen molar-refractivity contribution in [3.05, 3.63) is 40.6 Å². The van der Waals surface area contributed by atoms with E-state index >= 15 is 0 Å². The number of hydrogen-bond acceptors (Lipinski definition) is 5. The van der Waals surface area contributed by atoms with Crippen LogP contribution < -0.4 is 4.74 Å². The Balaban J connectivity index is 1.73. The second-order valence-electron chi connectivity index (χ2n) is 5.86. The fraction of sp³-hybridized carbons (Fsp3) is 0.375. The van der Waals surface area contributed by atoms with Crippen LogP contribution in [-0.4, -0.2) is 66.4 Å². The van der Waals surface area contributed by atoms with Crippen LogP contribution in [0.15, 0.2) is 40.2 Å². The summed E-state index contributed by atoms with van der Waals surface area (Å²) in [5.41, 5.74) is 0.491. The van der Waals surface area contributed by atoms with Gasteiger partial charge in [0.1, 0.15) is 5.75 Å². The van der Waals surface area contributed by atoms with E-state index in [0.717, 1.165) is 0 Å². The van der Waals surface area contributed by atoms with Crippen LogP contribution in [0.5, 0.6) is 5.75 Å². The maximum Gasteiger partial charge on any atom is 0.277 e. The van der Waals surface area contributed by atoms with E-state index in [0.29, 0.717) is 28.9 Å². The van der Waals surface area contributed by atoms with Crippen LogP contribution in [0.25, 0.3) is 0 Å². The number of imidazole rings is 1. The first-order valence-corrected chi connectivity index (χ1v) is 10.2. The largest absolute Gasteiger partial charge is 0.497 e. The van der Waals surface area contributed by atoms with Crippen LogP contribution in [-0.2, 0) is 17.1 Å². The third kappa shape index (κ3) is 3.49. The van der Waals surface area contributed by atoms with E-state index in [1.165, 1.54) is 15.1 Å². The second-order valence-corrected chi connectivity index (χ2v) is 8.55. The normalized spacial score (nSPS) is 15.9. The van der Waals surface area contributed by atoms with Gasteiger partial charge < -0.3 is 14.2 Å². The van der Waals surface area contributed by atoms with Gasteiger partial charge in [0.15, 0.2) is 0 Å². The molecular formula is C16H19BrN4O4S. The van der Waals surface area contributed by atoms with Gasteiger partial charge in [-0.2, -0.15) is 4.31 Å². The Hall–Kier alpha value is -1.91. The second kappa shape index (κ2) is 7.37. The fourth-order valence-electron chi connectivity index (χ4n) is 2.81. The lowest BCUT2D eigenvalue weighted by molar-refractivity contribution is 0.0696. The van der Waals surface area contributed by atoms with Crippen molar-refractivity contribution in [2.75, 3.05) is 33.3 Å². The molecule has 0 saturated carbocycles. The summed E-state index contributed by atoms with van der Waals surface area (Å²) < 4.78 is 34.0. The number of aromatic nitrogens is 2. The number of amides is 1. The monoisotopic (exact) mass is 442 g/mol. The molecule has 8 nitrogen and oxygen atoms in total. The summed E-state index contributed by atoms with van der Waals surface area (Å²) in [5.74, 6) is 0.428. The minimum atomic E-state index is -3.66. The molecule has 0 radical (unpaired) electrons.